The molecule has 1 aromatic rings. The van der Waals surface area contributed by atoms with Gasteiger partial charge in [0.1, 0.15) is 5.75 Å². The summed E-state index contributed by atoms with van der Waals surface area (Å²) in [4.78, 5) is 11.6. The molecule has 1 atom stereocenters. The summed E-state index contributed by atoms with van der Waals surface area (Å²) in [6, 6.07) is 4.86. The van der Waals surface area contributed by atoms with E-state index in [9.17, 15) is 4.79 Å². The van der Waals surface area contributed by atoms with Gasteiger partial charge in [0.15, 0.2) is 6.61 Å². The number of benzene rings is 1. The molecule has 3 N–H and O–H groups in total. The Hall–Kier alpha value is -0.970. The molecule has 2 rings (SSSR count). The van der Waals surface area contributed by atoms with Crippen molar-refractivity contribution in [3.63, 3.8) is 0 Å². The molecule has 1 aliphatic rings. The second kappa shape index (κ2) is 6.46. The highest BCUT2D eigenvalue weighted by molar-refractivity contribution is 6.34. The van der Waals surface area contributed by atoms with E-state index in [-0.39, 0.29) is 18.6 Å². The molecule has 1 fully saturated rings. The van der Waals surface area contributed by atoms with Crippen LogP contribution in [0.3, 0.4) is 0 Å². The first-order valence-electron chi connectivity index (χ1n) is 6.16. The molecular formula is C13H16Cl2N2O2. The van der Waals surface area contributed by atoms with Crippen LogP contribution in [0.1, 0.15) is 12.8 Å². The molecule has 1 aromatic carbocycles. The van der Waals surface area contributed by atoms with E-state index in [0.29, 0.717) is 28.3 Å². The summed E-state index contributed by atoms with van der Waals surface area (Å²) in [6.07, 6.45) is 2.32. The van der Waals surface area contributed by atoms with Gasteiger partial charge in [0.25, 0.3) is 5.91 Å². The van der Waals surface area contributed by atoms with Crippen LogP contribution in [0.2, 0.25) is 10.0 Å². The number of hydrogen-bond donors (Lipinski definition) is 2. The molecule has 19 heavy (non-hydrogen) atoms. The molecule has 0 saturated heterocycles. The third kappa shape index (κ3) is 4.90. The second-order valence-corrected chi connectivity index (χ2v) is 5.57. The molecule has 1 saturated carbocycles. The van der Waals surface area contributed by atoms with Gasteiger partial charge in [0.2, 0.25) is 0 Å². The van der Waals surface area contributed by atoms with Crippen molar-refractivity contribution in [3.05, 3.63) is 28.2 Å². The Morgan fingerprint density at radius 1 is 1.37 bits per heavy atom. The number of hydrogen-bond acceptors (Lipinski definition) is 3. The number of amides is 1. The Bertz CT molecular complexity index is 444. The van der Waals surface area contributed by atoms with Gasteiger partial charge in [0, 0.05) is 22.6 Å². The Morgan fingerprint density at radius 2 is 2.00 bits per heavy atom. The minimum atomic E-state index is -0.202. The average Bonchev–Trinajstić information content (AvgIpc) is 3.16. The van der Waals surface area contributed by atoms with Gasteiger partial charge in [-0.15, -0.1) is 0 Å². The van der Waals surface area contributed by atoms with Gasteiger partial charge in [0.05, 0.1) is 0 Å². The molecular weight excluding hydrogens is 287 g/mol. The lowest BCUT2D eigenvalue weighted by Gasteiger charge is -2.12. The van der Waals surface area contributed by atoms with E-state index in [4.69, 9.17) is 33.7 Å². The number of nitrogens with one attached hydrogen (secondary N) is 1. The smallest absolute Gasteiger partial charge is 0.257 e. The van der Waals surface area contributed by atoms with Crippen molar-refractivity contribution in [1.82, 2.24) is 5.32 Å². The normalized spacial score (nSPS) is 15.9. The van der Waals surface area contributed by atoms with Crippen LogP contribution in [0.4, 0.5) is 0 Å². The fourth-order valence-corrected chi connectivity index (χ4v) is 2.24. The van der Waals surface area contributed by atoms with Crippen molar-refractivity contribution in [3.8, 4) is 5.75 Å². The lowest BCUT2D eigenvalue weighted by molar-refractivity contribution is -0.123. The van der Waals surface area contributed by atoms with Gasteiger partial charge in [-0.2, -0.15) is 0 Å². The van der Waals surface area contributed by atoms with Crippen molar-refractivity contribution in [1.29, 1.82) is 0 Å². The summed E-state index contributed by atoms with van der Waals surface area (Å²) < 4.78 is 5.32. The SMILES string of the molecule is NC(CNC(=O)COc1cc(Cl)cc(Cl)c1)C1CC1. The van der Waals surface area contributed by atoms with Crippen LogP contribution in [0.15, 0.2) is 18.2 Å². The molecule has 0 spiro atoms. The molecule has 1 aliphatic carbocycles. The molecule has 0 aromatic heterocycles. The van der Waals surface area contributed by atoms with Crippen molar-refractivity contribution >= 4 is 29.1 Å². The third-order valence-corrected chi connectivity index (χ3v) is 3.40. The predicted octanol–water partition coefficient (Wildman–Crippen LogP) is 2.23. The number of nitrogens with two attached hydrogens (primary N) is 1. The van der Waals surface area contributed by atoms with E-state index >= 15 is 0 Å². The van der Waals surface area contributed by atoms with Gasteiger partial charge in [-0.1, -0.05) is 23.2 Å². The van der Waals surface area contributed by atoms with Gasteiger partial charge < -0.3 is 15.8 Å². The van der Waals surface area contributed by atoms with Crippen LogP contribution in [0.5, 0.6) is 5.75 Å². The largest absolute Gasteiger partial charge is 0.484 e. The Labute approximate surface area is 122 Å². The first kappa shape index (κ1) is 14.4. The van der Waals surface area contributed by atoms with Crippen molar-refractivity contribution in [2.24, 2.45) is 11.7 Å². The van der Waals surface area contributed by atoms with Crippen molar-refractivity contribution in [2.75, 3.05) is 13.2 Å². The number of rotatable bonds is 6. The quantitative estimate of drug-likeness (QED) is 0.847. The molecule has 1 unspecified atom stereocenters. The fraction of sp³-hybridized carbons (Fsp3) is 0.462. The summed E-state index contributed by atoms with van der Waals surface area (Å²) >= 11 is 11.7. The molecule has 0 radical (unpaired) electrons. The van der Waals surface area contributed by atoms with Gasteiger partial charge in [-0.3, -0.25) is 4.79 Å². The van der Waals surface area contributed by atoms with Crippen LogP contribution >= 0.6 is 23.2 Å². The maximum absolute atomic E-state index is 11.6. The molecule has 104 valence electrons. The first-order chi connectivity index (χ1) is 9.04. The third-order valence-electron chi connectivity index (χ3n) is 2.97. The monoisotopic (exact) mass is 302 g/mol. The summed E-state index contributed by atoms with van der Waals surface area (Å²) in [5.41, 5.74) is 5.88. The van der Waals surface area contributed by atoms with E-state index in [0.717, 1.165) is 12.8 Å². The van der Waals surface area contributed by atoms with E-state index in [1.54, 1.807) is 18.2 Å². The lowest BCUT2D eigenvalue weighted by atomic mass is 10.2. The number of halogens is 2. The molecule has 0 heterocycles. The van der Waals surface area contributed by atoms with Crippen LogP contribution in [0.25, 0.3) is 0 Å². The van der Waals surface area contributed by atoms with E-state index in [1.165, 1.54) is 0 Å². The minimum absolute atomic E-state index is 0.0459. The zero-order valence-corrected chi connectivity index (χ0v) is 11.9. The van der Waals surface area contributed by atoms with Gasteiger partial charge >= 0.3 is 0 Å². The van der Waals surface area contributed by atoms with Crippen LogP contribution < -0.4 is 15.8 Å². The highest BCUT2D eigenvalue weighted by Crippen LogP contribution is 2.31. The van der Waals surface area contributed by atoms with Crippen molar-refractivity contribution in [2.45, 2.75) is 18.9 Å². The molecule has 1 amide bonds. The number of carbonyl (C=O) groups excluding carboxylic acids is 1. The zero-order chi connectivity index (χ0) is 13.8. The number of carbonyl (C=O) groups is 1. The van der Waals surface area contributed by atoms with Crippen LogP contribution in [-0.4, -0.2) is 25.1 Å². The maximum atomic E-state index is 11.6. The Balaban J connectivity index is 1.73. The van der Waals surface area contributed by atoms with E-state index in [1.807, 2.05) is 0 Å². The number of ether oxygens (including phenoxy) is 1. The Kier molecular flexibility index (Phi) is 4.91. The standard InChI is InChI=1S/C13H16Cl2N2O2/c14-9-3-10(15)5-11(4-9)19-7-13(18)17-6-12(16)8-1-2-8/h3-5,8,12H,1-2,6-7,16H2,(H,17,18). The van der Waals surface area contributed by atoms with Crippen LogP contribution in [0, 0.1) is 5.92 Å². The van der Waals surface area contributed by atoms with Gasteiger partial charge in [-0.05, 0) is 37.0 Å². The highest BCUT2D eigenvalue weighted by atomic mass is 35.5. The minimum Gasteiger partial charge on any atom is -0.484 e. The van der Waals surface area contributed by atoms with E-state index < -0.39 is 0 Å². The first-order valence-corrected chi connectivity index (χ1v) is 6.91. The zero-order valence-electron chi connectivity index (χ0n) is 10.4. The Morgan fingerprint density at radius 3 is 2.58 bits per heavy atom. The fourth-order valence-electron chi connectivity index (χ4n) is 1.73. The highest BCUT2D eigenvalue weighted by Gasteiger charge is 2.28. The predicted molar refractivity (Wildman–Crippen MR) is 75.7 cm³/mol. The van der Waals surface area contributed by atoms with E-state index in [2.05, 4.69) is 5.32 Å². The maximum Gasteiger partial charge on any atom is 0.257 e. The topological polar surface area (TPSA) is 64.3 Å². The summed E-state index contributed by atoms with van der Waals surface area (Å²) in [6.45, 7) is 0.414. The molecule has 0 aliphatic heterocycles. The second-order valence-electron chi connectivity index (χ2n) is 4.70. The molecule has 4 nitrogen and oxygen atoms in total. The average molecular weight is 303 g/mol. The summed E-state index contributed by atoms with van der Waals surface area (Å²) in [5.74, 6) is 0.833. The summed E-state index contributed by atoms with van der Waals surface area (Å²) in [7, 11) is 0. The molecule has 0 bridgehead atoms. The van der Waals surface area contributed by atoms with Crippen LogP contribution in [-0.2, 0) is 4.79 Å². The molecule has 6 heteroatoms. The van der Waals surface area contributed by atoms with Crippen molar-refractivity contribution < 1.29 is 9.53 Å². The lowest BCUT2D eigenvalue weighted by Crippen LogP contribution is -2.40. The van der Waals surface area contributed by atoms with Gasteiger partial charge in [-0.25, -0.2) is 0 Å². The summed E-state index contributed by atoms with van der Waals surface area (Å²) in [5, 5.41) is 3.69.